The molecule has 1 heterocycles. The van der Waals surface area contributed by atoms with E-state index in [0.29, 0.717) is 19.3 Å². The Kier molecular flexibility index (Phi) is 5.03. The summed E-state index contributed by atoms with van der Waals surface area (Å²) in [6, 6.07) is 6.47. The molecule has 0 aromatic heterocycles. The van der Waals surface area contributed by atoms with Crippen LogP contribution in [0.2, 0.25) is 0 Å². The van der Waals surface area contributed by atoms with Crippen LogP contribution in [-0.2, 0) is 4.74 Å². The van der Waals surface area contributed by atoms with Gasteiger partial charge in [-0.2, -0.15) is 0 Å². The first-order valence-electron chi connectivity index (χ1n) is 6.48. The predicted molar refractivity (Wildman–Crippen MR) is 76.1 cm³/mol. The van der Waals surface area contributed by atoms with E-state index in [1.807, 2.05) is 12.1 Å². The zero-order valence-corrected chi connectivity index (χ0v) is 12.5. The van der Waals surface area contributed by atoms with Crippen LogP contribution in [0.25, 0.3) is 0 Å². The third-order valence-corrected chi connectivity index (χ3v) is 3.53. The standard InChI is InChI=1S/C14H20BrNO2/c1-3-6-16-10(2)13-7-11(15)4-5-14(13)18-12-8-17-9-12/h4-5,7,10,12,16H,3,6,8-9H2,1-2H3. The molecule has 100 valence electrons. The van der Waals surface area contributed by atoms with Crippen molar-refractivity contribution in [3.8, 4) is 5.75 Å². The Morgan fingerprint density at radius 2 is 2.28 bits per heavy atom. The van der Waals surface area contributed by atoms with Crippen LogP contribution in [0.3, 0.4) is 0 Å². The number of halogens is 1. The van der Waals surface area contributed by atoms with Gasteiger partial charge >= 0.3 is 0 Å². The molecule has 1 saturated heterocycles. The van der Waals surface area contributed by atoms with Crippen LogP contribution in [0, 0.1) is 0 Å². The molecule has 1 N–H and O–H groups in total. The number of benzene rings is 1. The molecule has 18 heavy (non-hydrogen) atoms. The lowest BCUT2D eigenvalue weighted by atomic mass is 10.1. The van der Waals surface area contributed by atoms with Crippen molar-refractivity contribution in [3.63, 3.8) is 0 Å². The number of ether oxygens (including phenoxy) is 2. The minimum atomic E-state index is 0.211. The summed E-state index contributed by atoms with van der Waals surface area (Å²) in [4.78, 5) is 0. The largest absolute Gasteiger partial charge is 0.485 e. The van der Waals surface area contributed by atoms with Gasteiger partial charge in [0.25, 0.3) is 0 Å². The zero-order chi connectivity index (χ0) is 13.0. The van der Waals surface area contributed by atoms with E-state index in [-0.39, 0.29) is 6.10 Å². The second-order valence-electron chi connectivity index (χ2n) is 4.64. The van der Waals surface area contributed by atoms with Crippen molar-refractivity contribution in [2.24, 2.45) is 0 Å². The lowest BCUT2D eigenvalue weighted by molar-refractivity contribution is -0.0801. The van der Waals surface area contributed by atoms with Crippen molar-refractivity contribution in [1.82, 2.24) is 5.32 Å². The molecule has 0 amide bonds. The van der Waals surface area contributed by atoms with Crippen molar-refractivity contribution in [3.05, 3.63) is 28.2 Å². The Morgan fingerprint density at radius 3 is 2.89 bits per heavy atom. The van der Waals surface area contributed by atoms with E-state index in [4.69, 9.17) is 9.47 Å². The number of nitrogens with one attached hydrogen (secondary N) is 1. The van der Waals surface area contributed by atoms with E-state index in [1.165, 1.54) is 5.56 Å². The van der Waals surface area contributed by atoms with Gasteiger partial charge in [-0.15, -0.1) is 0 Å². The van der Waals surface area contributed by atoms with E-state index in [2.05, 4.69) is 41.2 Å². The van der Waals surface area contributed by atoms with Crippen LogP contribution in [-0.4, -0.2) is 25.9 Å². The first-order valence-corrected chi connectivity index (χ1v) is 7.27. The molecule has 3 nitrogen and oxygen atoms in total. The predicted octanol–water partition coefficient (Wildman–Crippen LogP) is 3.29. The molecule has 2 rings (SSSR count). The van der Waals surface area contributed by atoms with Crippen LogP contribution < -0.4 is 10.1 Å². The molecule has 0 saturated carbocycles. The van der Waals surface area contributed by atoms with Crippen molar-refractivity contribution >= 4 is 15.9 Å². The SMILES string of the molecule is CCCNC(C)c1cc(Br)ccc1OC1COC1. The quantitative estimate of drug-likeness (QED) is 0.874. The number of hydrogen-bond acceptors (Lipinski definition) is 3. The summed E-state index contributed by atoms with van der Waals surface area (Å²) in [6.07, 6.45) is 1.34. The third kappa shape index (κ3) is 3.46. The molecule has 1 atom stereocenters. The summed E-state index contributed by atoms with van der Waals surface area (Å²) in [5, 5.41) is 3.49. The van der Waals surface area contributed by atoms with Gasteiger partial charge < -0.3 is 14.8 Å². The summed E-state index contributed by atoms with van der Waals surface area (Å²) >= 11 is 3.52. The van der Waals surface area contributed by atoms with Gasteiger partial charge in [-0.3, -0.25) is 0 Å². The molecule has 1 aromatic carbocycles. The lowest BCUT2D eigenvalue weighted by Crippen LogP contribution is -2.39. The second-order valence-corrected chi connectivity index (χ2v) is 5.55. The van der Waals surface area contributed by atoms with Crippen molar-refractivity contribution in [1.29, 1.82) is 0 Å². The van der Waals surface area contributed by atoms with Gasteiger partial charge in [-0.1, -0.05) is 22.9 Å². The Labute approximate surface area is 117 Å². The third-order valence-electron chi connectivity index (χ3n) is 3.04. The summed E-state index contributed by atoms with van der Waals surface area (Å²) in [6.45, 7) is 6.75. The van der Waals surface area contributed by atoms with Gasteiger partial charge in [-0.05, 0) is 38.1 Å². The minimum absolute atomic E-state index is 0.211. The second kappa shape index (κ2) is 6.55. The van der Waals surface area contributed by atoms with Crippen LogP contribution in [0.5, 0.6) is 5.75 Å². The van der Waals surface area contributed by atoms with Gasteiger partial charge in [0.1, 0.15) is 11.9 Å². The molecule has 1 unspecified atom stereocenters. The van der Waals surface area contributed by atoms with E-state index in [9.17, 15) is 0 Å². The average molecular weight is 314 g/mol. The normalized spacial score (nSPS) is 17.3. The molecule has 4 heteroatoms. The average Bonchev–Trinajstić information content (AvgIpc) is 2.32. The van der Waals surface area contributed by atoms with Crippen LogP contribution in [0.1, 0.15) is 31.9 Å². The number of hydrogen-bond donors (Lipinski definition) is 1. The number of rotatable bonds is 6. The highest BCUT2D eigenvalue weighted by Gasteiger charge is 2.22. The summed E-state index contributed by atoms with van der Waals surface area (Å²) in [5.41, 5.74) is 1.20. The van der Waals surface area contributed by atoms with E-state index in [1.54, 1.807) is 0 Å². The van der Waals surface area contributed by atoms with Crippen molar-refractivity contribution in [2.75, 3.05) is 19.8 Å². The Bertz CT molecular complexity index is 393. The van der Waals surface area contributed by atoms with E-state index in [0.717, 1.165) is 23.2 Å². The molecular formula is C14H20BrNO2. The maximum Gasteiger partial charge on any atom is 0.145 e. The van der Waals surface area contributed by atoms with Crippen molar-refractivity contribution in [2.45, 2.75) is 32.4 Å². The molecule has 1 fully saturated rings. The molecular weight excluding hydrogens is 294 g/mol. The Morgan fingerprint density at radius 1 is 1.50 bits per heavy atom. The van der Waals surface area contributed by atoms with Crippen LogP contribution in [0.15, 0.2) is 22.7 Å². The lowest BCUT2D eigenvalue weighted by Gasteiger charge is -2.29. The van der Waals surface area contributed by atoms with Crippen LogP contribution >= 0.6 is 15.9 Å². The molecule has 1 aliphatic rings. The smallest absolute Gasteiger partial charge is 0.145 e. The zero-order valence-electron chi connectivity index (χ0n) is 10.9. The highest BCUT2D eigenvalue weighted by molar-refractivity contribution is 9.10. The minimum Gasteiger partial charge on any atom is -0.485 e. The molecule has 0 aliphatic carbocycles. The maximum absolute atomic E-state index is 5.95. The molecule has 1 aliphatic heterocycles. The fourth-order valence-electron chi connectivity index (χ4n) is 1.90. The highest BCUT2D eigenvalue weighted by Crippen LogP contribution is 2.30. The fraction of sp³-hybridized carbons (Fsp3) is 0.571. The maximum atomic E-state index is 5.95. The first-order chi connectivity index (χ1) is 8.70. The first kappa shape index (κ1) is 13.8. The summed E-state index contributed by atoms with van der Waals surface area (Å²) in [5.74, 6) is 0.961. The highest BCUT2D eigenvalue weighted by atomic mass is 79.9. The molecule has 0 spiro atoms. The van der Waals surface area contributed by atoms with Gasteiger partial charge in [-0.25, -0.2) is 0 Å². The van der Waals surface area contributed by atoms with E-state index >= 15 is 0 Å². The Balaban J connectivity index is 2.11. The van der Waals surface area contributed by atoms with Gasteiger partial charge in [0, 0.05) is 16.1 Å². The van der Waals surface area contributed by atoms with Gasteiger partial charge in [0.15, 0.2) is 0 Å². The van der Waals surface area contributed by atoms with Gasteiger partial charge in [0.2, 0.25) is 0 Å². The summed E-state index contributed by atoms with van der Waals surface area (Å²) < 4.78 is 12.2. The van der Waals surface area contributed by atoms with E-state index < -0.39 is 0 Å². The van der Waals surface area contributed by atoms with Crippen molar-refractivity contribution < 1.29 is 9.47 Å². The monoisotopic (exact) mass is 313 g/mol. The topological polar surface area (TPSA) is 30.5 Å². The molecule has 0 bridgehead atoms. The van der Waals surface area contributed by atoms with Gasteiger partial charge in [0.05, 0.1) is 13.2 Å². The van der Waals surface area contributed by atoms with Crippen LogP contribution in [0.4, 0.5) is 0 Å². The Hall–Kier alpha value is -0.580. The summed E-state index contributed by atoms with van der Waals surface area (Å²) in [7, 11) is 0. The molecule has 0 radical (unpaired) electrons. The molecule has 1 aromatic rings. The fourth-order valence-corrected chi connectivity index (χ4v) is 2.28.